The minimum atomic E-state index is -1.22. The fourth-order valence-corrected chi connectivity index (χ4v) is 20.1. The Bertz CT molecular complexity index is 6180. The molecule has 0 aliphatic carbocycles. The number of nitrogens with zero attached hydrogens (tertiary/aromatic N) is 8. The molecular formula is C105H131LiN8O25. The van der Waals surface area contributed by atoms with Gasteiger partial charge < -0.3 is 82.0 Å². The fraction of sp³-hybridized carbons (Fsp3) is 0.486. The zero-order valence-electron chi connectivity index (χ0n) is 83.2. The van der Waals surface area contributed by atoms with Gasteiger partial charge in [-0.1, -0.05) is 30.3 Å². The summed E-state index contributed by atoms with van der Waals surface area (Å²) in [4.78, 5) is 101. The number of ether oxygens (including phenoxy) is 14. The Morgan fingerprint density at radius 2 is 0.612 bits per heavy atom. The molecule has 0 bridgehead atoms. The van der Waals surface area contributed by atoms with Crippen molar-refractivity contribution in [2.45, 2.75) is 220 Å². The maximum Gasteiger partial charge on any atom is 1.00 e. The van der Waals surface area contributed by atoms with Gasteiger partial charge in [-0.15, -0.1) is 0 Å². The molecule has 0 radical (unpaired) electrons. The molecule has 0 unspecified atom stereocenters. The Morgan fingerprint density at radius 3 is 0.899 bits per heavy atom. The van der Waals surface area contributed by atoms with E-state index in [2.05, 4.69) is 87.6 Å². The largest absolute Gasteiger partial charge is 1.00 e. The van der Waals surface area contributed by atoms with E-state index in [0.717, 1.165) is 126 Å². The summed E-state index contributed by atoms with van der Waals surface area (Å²) in [5.41, 5.74) is 8.87. The van der Waals surface area contributed by atoms with Gasteiger partial charge in [-0.05, 0) is 218 Å². The second kappa shape index (κ2) is 45.4. The Labute approximate surface area is 822 Å². The average molecular weight is 1910 g/mol. The molecule has 0 amide bonds. The van der Waals surface area contributed by atoms with Crippen LogP contribution >= 0.6 is 0 Å². The molecule has 4 aromatic heterocycles. The molecule has 0 saturated carbocycles. The predicted octanol–water partition coefficient (Wildman–Crippen LogP) is 13.1. The molecule has 0 spiro atoms. The number of fused-ring (bicyclic) bond motifs is 24. The van der Waals surface area contributed by atoms with E-state index in [4.69, 9.17) is 66.3 Å². The van der Waals surface area contributed by atoms with Crippen LogP contribution in [-0.2, 0) is 39.8 Å². The first-order valence-corrected chi connectivity index (χ1v) is 47.5. The van der Waals surface area contributed by atoms with Crippen molar-refractivity contribution in [2.75, 3.05) is 134 Å². The van der Waals surface area contributed by atoms with Gasteiger partial charge >= 0.3 is 42.7 Å². The number of carboxylic acids is 1. The van der Waals surface area contributed by atoms with Crippen LogP contribution in [0.3, 0.4) is 0 Å². The van der Waals surface area contributed by atoms with Gasteiger partial charge in [0.2, 0.25) is 0 Å². The van der Waals surface area contributed by atoms with Crippen LogP contribution < -0.4 is 93.8 Å². The van der Waals surface area contributed by atoms with E-state index in [9.17, 15) is 48.6 Å². The van der Waals surface area contributed by atoms with Crippen molar-refractivity contribution in [1.82, 2.24) is 18.7 Å². The Kier molecular flexibility index (Phi) is 34.5. The van der Waals surface area contributed by atoms with Gasteiger partial charge in [0, 0.05) is 152 Å². The van der Waals surface area contributed by atoms with Crippen LogP contribution in [0.5, 0.6) is 46.0 Å². The van der Waals surface area contributed by atoms with Crippen molar-refractivity contribution in [3.63, 3.8) is 0 Å². The molecule has 4 saturated heterocycles. The zero-order chi connectivity index (χ0) is 98.1. The smallest absolute Gasteiger partial charge is 0.870 e. The molecule has 33 nitrogen and oxygen atoms in total. The number of phenols is 1. The number of carbonyl (C=O) groups is 4. The number of hydrogen-bond donors (Lipinski definition) is 2. The summed E-state index contributed by atoms with van der Waals surface area (Å²) in [6.45, 7) is 32.6. The third-order valence-corrected chi connectivity index (χ3v) is 26.4. The van der Waals surface area contributed by atoms with Gasteiger partial charge in [-0.25, -0.2) is 19.2 Å². The SMILES string of the molecule is CCOC(=O)c1cn2c(cc1=O)-c1cc(O)c(OCCCOC)cc1[C@H]1CCC(C)(C)N12.CCOC(=O)c1cn2c(cc1=O)-c1cc(OCC)c(OCCCOC)cc1[C@H]1CCC(C)(C)N12.CCOC(=O)c1cn2c(cc1=O)-c1cc(OCc3ccccc3)c(OCCCOC)cc1[C@H]1CCC(C)(C)N12.CCOc1cc2c(cc1OCCCOC)[C@H]1CCC(C)(C)N1n1cc(C(=O)O)c(=O)cc1-2.[Li+].[OH-]. The number of benzene rings is 5. The topological polar surface area (TPSA) is 369 Å². The molecule has 8 aliphatic rings. The van der Waals surface area contributed by atoms with Crippen molar-refractivity contribution in [3.8, 4) is 91.0 Å². The molecule has 3 N–H and O–H groups in total. The summed E-state index contributed by atoms with van der Waals surface area (Å²) in [5, 5.41) is 29.1. The predicted molar refractivity (Wildman–Crippen MR) is 521 cm³/mol. The number of esters is 3. The molecular weight excluding hydrogens is 1780 g/mol. The fourth-order valence-electron chi connectivity index (χ4n) is 20.1. The summed E-state index contributed by atoms with van der Waals surface area (Å²) >= 11 is 0. The van der Waals surface area contributed by atoms with E-state index in [-0.39, 0.29) is 129 Å². The van der Waals surface area contributed by atoms with Gasteiger partial charge in [-0.2, -0.15) is 0 Å². The number of phenolic OH excluding ortho intramolecular Hbond substituents is 1. The minimum absolute atomic E-state index is 0. The Balaban J connectivity index is 0.000000166. The molecule has 8 aliphatic heterocycles. The summed E-state index contributed by atoms with van der Waals surface area (Å²) in [6.07, 6.45) is 16.8. The van der Waals surface area contributed by atoms with E-state index in [1.165, 1.54) is 30.5 Å². The van der Waals surface area contributed by atoms with E-state index in [0.29, 0.717) is 136 Å². The molecule has 17 rings (SSSR count). The number of pyridine rings is 4. The van der Waals surface area contributed by atoms with Crippen LogP contribution in [0.1, 0.15) is 260 Å². The van der Waals surface area contributed by atoms with Crippen molar-refractivity contribution in [3.05, 3.63) is 219 Å². The normalized spacial score (nSPS) is 17.3. The number of carboxylic acid groups (broad SMARTS) is 1. The van der Waals surface area contributed by atoms with Gasteiger partial charge in [0.15, 0.2) is 67.7 Å². The van der Waals surface area contributed by atoms with Crippen LogP contribution in [0.15, 0.2) is 147 Å². The number of aromatic hydroxyl groups is 1. The molecule has 139 heavy (non-hydrogen) atoms. The van der Waals surface area contributed by atoms with Gasteiger partial charge in [0.1, 0.15) is 28.9 Å². The molecule has 9 aromatic rings. The van der Waals surface area contributed by atoms with E-state index in [1.807, 2.05) is 93.2 Å². The molecule has 12 heterocycles. The first kappa shape index (κ1) is 106. The summed E-state index contributed by atoms with van der Waals surface area (Å²) in [6, 6.07) is 31.6. The maximum absolute atomic E-state index is 13.1. The summed E-state index contributed by atoms with van der Waals surface area (Å²) < 4.78 is 85.8. The number of methoxy groups -OCH3 is 4. The number of carbonyl (C=O) groups excluding carboxylic acids is 3. The summed E-state index contributed by atoms with van der Waals surface area (Å²) in [5.74, 6) is 1.26. The van der Waals surface area contributed by atoms with Gasteiger partial charge in [0.05, 0.1) is 129 Å². The number of aromatic carboxylic acids is 1. The van der Waals surface area contributed by atoms with E-state index < -0.39 is 34.7 Å². The second-order valence-corrected chi connectivity index (χ2v) is 37.4. The third-order valence-electron chi connectivity index (χ3n) is 26.4. The van der Waals surface area contributed by atoms with Crippen LogP contribution in [0.4, 0.5) is 0 Å². The first-order chi connectivity index (χ1) is 65.7. The van der Waals surface area contributed by atoms with Crippen molar-refractivity contribution in [2.24, 2.45) is 0 Å². The average Bonchev–Trinajstić information content (AvgIpc) is 1.64. The van der Waals surface area contributed by atoms with Crippen molar-refractivity contribution >= 4 is 23.9 Å². The number of hydrogen-bond acceptors (Lipinski definition) is 28. The van der Waals surface area contributed by atoms with Crippen LogP contribution in [0.2, 0.25) is 0 Å². The van der Waals surface area contributed by atoms with Crippen molar-refractivity contribution in [1.29, 1.82) is 0 Å². The molecule has 4 atom stereocenters. The number of aromatic nitrogens is 4. The quantitative estimate of drug-likeness (QED) is 0.0164. The standard InChI is InChI=1S/C31H36N2O6.C26H34N2O6.2C24H30N2O6.Li.H2O/c1-5-37-30(35)24-19-32-26(18-27(24)34)23-17-29(39-20-21-10-7-6-8-11-21)28(38-15-9-14-36-4)16-22(23)25-12-13-31(2,3)33(25)32;1-6-32-23-14-18-17(13-24(23)34-12-8-11-31-5)20-9-10-26(3,4)28(20)27-16-19(25(30)33-7-2)22(29)15-21(18)27;1-5-31-23(29)17-14-25-19(13-20(17)27)15-11-21(28)22(32-10-6-9-30-4)12-16(15)18-7-8-24(2,3)26(18)25;1-5-31-21-12-16-15(11-22(21)32-10-6-9-30-4)18-7-8-24(2,3)26(18)25-14-17(23(28)29)20(27)13-19(16)25;;/h6-8,10-11,16-19,25H,5,9,12-15,20H2,1-4H3;13-16,20H,6-12H2,1-5H3;11-14,18,28H,5-10H2,1-4H3;11-14,18H,5-10H2,1-4H3,(H,28,29);;1H2/q;;;;+1;/p-1/t25-;20-;2*18-;;/m1111../s1. The van der Waals surface area contributed by atoms with Gasteiger partial charge in [-0.3, -0.25) is 57.9 Å². The summed E-state index contributed by atoms with van der Waals surface area (Å²) in [7, 11) is 6.65. The Hall–Kier alpha value is -12.2. The number of rotatable bonds is 34. The second-order valence-electron chi connectivity index (χ2n) is 37.4. The minimum Gasteiger partial charge on any atom is -0.870 e. The van der Waals surface area contributed by atoms with E-state index >= 15 is 0 Å². The van der Waals surface area contributed by atoms with Crippen LogP contribution in [0.25, 0.3) is 45.0 Å². The molecule has 4 fully saturated rings. The van der Waals surface area contributed by atoms with E-state index in [1.54, 1.807) is 73.9 Å². The van der Waals surface area contributed by atoms with Crippen LogP contribution in [-0.4, -0.2) is 195 Å². The first-order valence-electron chi connectivity index (χ1n) is 47.5. The molecule has 742 valence electrons. The molecule has 5 aromatic carbocycles. The Morgan fingerprint density at radius 1 is 0.345 bits per heavy atom. The van der Waals surface area contributed by atoms with Gasteiger partial charge in [0.25, 0.3) is 0 Å². The van der Waals surface area contributed by atoms with Crippen molar-refractivity contribution < 1.29 is 120 Å². The third kappa shape index (κ3) is 22.0. The monoisotopic (exact) mass is 1910 g/mol. The maximum atomic E-state index is 13.1. The van der Waals surface area contributed by atoms with Crippen LogP contribution in [0, 0.1) is 0 Å². The molecule has 34 heteroatoms. The zero-order valence-corrected chi connectivity index (χ0v) is 83.2.